The minimum Gasteiger partial charge on any atom is -0.504 e. The first-order valence-electron chi connectivity index (χ1n) is 10.2. The minimum atomic E-state index is -0.315. The first-order chi connectivity index (χ1) is 16.0. The first-order valence-corrected chi connectivity index (χ1v) is 11.4. The molecule has 164 valence electrons. The number of nitrogens with zero attached hydrogens (tertiary/aromatic N) is 2. The second kappa shape index (κ2) is 8.73. The molecular weight excluding hydrogens is 456 g/mol. The van der Waals surface area contributed by atoms with Gasteiger partial charge < -0.3 is 9.84 Å². The molecule has 0 amide bonds. The maximum Gasteiger partial charge on any atom is 0.271 e. The number of fused-ring (bicyclic) bond motifs is 1. The van der Waals surface area contributed by atoms with E-state index < -0.39 is 0 Å². The van der Waals surface area contributed by atoms with E-state index in [1.54, 1.807) is 28.8 Å². The quantitative estimate of drug-likeness (QED) is 0.477. The molecule has 1 atom stereocenters. The number of aromatic hydroxyl groups is 1. The average molecular weight is 475 g/mol. The number of hydrogen-bond donors (Lipinski definition) is 1. The van der Waals surface area contributed by atoms with Crippen LogP contribution >= 0.6 is 22.9 Å². The molecule has 1 aromatic heterocycles. The van der Waals surface area contributed by atoms with E-state index in [1.165, 1.54) is 18.4 Å². The summed E-state index contributed by atoms with van der Waals surface area (Å²) in [6, 6.07) is 22.1. The highest BCUT2D eigenvalue weighted by atomic mass is 35.5. The monoisotopic (exact) mass is 474 g/mol. The second-order valence-electron chi connectivity index (χ2n) is 7.53. The minimum absolute atomic E-state index is 0.0475. The van der Waals surface area contributed by atoms with E-state index in [9.17, 15) is 9.90 Å². The van der Waals surface area contributed by atoms with Crippen LogP contribution in [0.5, 0.6) is 11.5 Å². The predicted octanol–water partition coefficient (Wildman–Crippen LogP) is 4.37. The highest BCUT2D eigenvalue weighted by molar-refractivity contribution is 7.07. The Morgan fingerprint density at radius 2 is 1.85 bits per heavy atom. The van der Waals surface area contributed by atoms with Gasteiger partial charge in [-0.3, -0.25) is 9.36 Å². The van der Waals surface area contributed by atoms with Crippen molar-refractivity contribution >= 4 is 34.7 Å². The number of rotatable bonds is 4. The van der Waals surface area contributed by atoms with Crippen molar-refractivity contribution in [2.45, 2.75) is 6.04 Å². The summed E-state index contributed by atoms with van der Waals surface area (Å²) in [6.45, 7) is 0. The third kappa shape index (κ3) is 4.11. The molecule has 1 aliphatic heterocycles. The van der Waals surface area contributed by atoms with E-state index in [-0.39, 0.29) is 17.4 Å². The van der Waals surface area contributed by atoms with Crippen LogP contribution in [0.2, 0.25) is 5.02 Å². The summed E-state index contributed by atoms with van der Waals surface area (Å²) in [5.41, 5.74) is 3.36. The predicted molar refractivity (Wildman–Crippen MR) is 132 cm³/mol. The normalized spacial score (nSPS) is 15.5. The van der Waals surface area contributed by atoms with Gasteiger partial charge in [-0.25, -0.2) is 4.99 Å². The Morgan fingerprint density at radius 3 is 2.58 bits per heavy atom. The molecule has 7 heteroatoms. The van der Waals surface area contributed by atoms with Crippen LogP contribution in [-0.4, -0.2) is 16.8 Å². The molecule has 1 aliphatic rings. The molecule has 0 aliphatic carbocycles. The lowest BCUT2D eigenvalue weighted by atomic mass is 10.0. The molecule has 5 rings (SSSR count). The summed E-state index contributed by atoms with van der Waals surface area (Å²) in [6.07, 6.45) is 3.80. The van der Waals surface area contributed by atoms with Crippen LogP contribution in [0, 0.1) is 0 Å². The van der Waals surface area contributed by atoms with Crippen molar-refractivity contribution in [3.05, 3.63) is 120 Å². The highest BCUT2D eigenvalue weighted by Crippen LogP contribution is 2.28. The average Bonchev–Trinajstić information content (AvgIpc) is 3.15. The first kappa shape index (κ1) is 21.2. The van der Waals surface area contributed by atoms with E-state index in [4.69, 9.17) is 21.3 Å². The topological polar surface area (TPSA) is 63.8 Å². The van der Waals surface area contributed by atoms with E-state index in [0.29, 0.717) is 20.1 Å². The number of methoxy groups -OCH3 is 1. The molecule has 3 aromatic carbocycles. The van der Waals surface area contributed by atoms with Gasteiger partial charge >= 0.3 is 0 Å². The molecule has 5 nitrogen and oxygen atoms in total. The van der Waals surface area contributed by atoms with Crippen molar-refractivity contribution in [3.8, 4) is 11.5 Å². The maximum absolute atomic E-state index is 13.5. The smallest absolute Gasteiger partial charge is 0.271 e. The number of benzene rings is 3. The molecule has 0 spiro atoms. The Kier molecular flexibility index (Phi) is 5.62. The number of ether oxygens (including phenoxy) is 1. The van der Waals surface area contributed by atoms with Crippen LogP contribution in [0.4, 0.5) is 0 Å². The lowest BCUT2D eigenvalue weighted by molar-refractivity contribution is 0.373. The van der Waals surface area contributed by atoms with Crippen molar-refractivity contribution in [1.82, 2.24) is 4.57 Å². The number of phenolic OH excluding ortho intramolecular Hbond substituents is 1. The molecule has 0 saturated carbocycles. The molecule has 0 saturated heterocycles. The van der Waals surface area contributed by atoms with Gasteiger partial charge in [0.1, 0.15) is 0 Å². The number of thiazole rings is 1. The standard InChI is InChI=1S/C26H19ClN2O3S/c1-32-23-13-16(7-12-22(23)30)14-24-25(31)29-21(18-8-10-19(27)11-9-18)15-20(28-26(29)33-24)17-5-3-2-4-6-17/h2-15,21,30H,1H3. The lowest BCUT2D eigenvalue weighted by Crippen LogP contribution is -2.36. The third-order valence-corrected chi connectivity index (χ3v) is 6.66. The van der Waals surface area contributed by atoms with Gasteiger partial charge in [-0.15, -0.1) is 0 Å². The lowest BCUT2D eigenvalue weighted by Gasteiger charge is -2.19. The van der Waals surface area contributed by atoms with Crippen LogP contribution in [0.15, 0.2) is 88.7 Å². The van der Waals surface area contributed by atoms with Gasteiger partial charge in [-0.05, 0) is 53.1 Å². The number of phenols is 1. The van der Waals surface area contributed by atoms with Gasteiger partial charge in [-0.2, -0.15) is 0 Å². The molecule has 4 aromatic rings. The fourth-order valence-corrected chi connectivity index (χ4v) is 4.93. The molecular formula is C26H19ClN2O3S. The van der Waals surface area contributed by atoms with Crippen molar-refractivity contribution in [2.75, 3.05) is 7.11 Å². The van der Waals surface area contributed by atoms with Gasteiger partial charge in [0.25, 0.3) is 5.56 Å². The van der Waals surface area contributed by atoms with E-state index in [2.05, 4.69) is 0 Å². The molecule has 1 unspecified atom stereocenters. The summed E-state index contributed by atoms with van der Waals surface area (Å²) in [5.74, 6) is 0.397. The molecule has 0 radical (unpaired) electrons. The number of hydrogen-bond acceptors (Lipinski definition) is 5. The van der Waals surface area contributed by atoms with Crippen molar-refractivity contribution in [1.29, 1.82) is 0 Å². The maximum atomic E-state index is 13.5. The number of halogens is 1. The van der Waals surface area contributed by atoms with Crippen LogP contribution in [0.25, 0.3) is 11.8 Å². The summed E-state index contributed by atoms with van der Waals surface area (Å²) < 4.78 is 7.45. The van der Waals surface area contributed by atoms with Crippen LogP contribution < -0.4 is 19.6 Å². The fraction of sp³-hybridized carbons (Fsp3) is 0.0769. The van der Waals surface area contributed by atoms with Crippen molar-refractivity contribution in [3.63, 3.8) is 0 Å². The highest BCUT2D eigenvalue weighted by Gasteiger charge is 2.22. The zero-order chi connectivity index (χ0) is 22.9. The molecule has 0 bridgehead atoms. The van der Waals surface area contributed by atoms with Crippen molar-refractivity contribution < 1.29 is 9.84 Å². The second-order valence-corrected chi connectivity index (χ2v) is 8.97. The van der Waals surface area contributed by atoms with E-state index in [1.807, 2.05) is 60.7 Å². The molecule has 33 heavy (non-hydrogen) atoms. The van der Waals surface area contributed by atoms with E-state index in [0.717, 1.165) is 22.4 Å². The number of allylic oxidation sites excluding steroid dienone is 1. The van der Waals surface area contributed by atoms with Crippen LogP contribution in [-0.2, 0) is 0 Å². The van der Waals surface area contributed by atoms with Gasteiger partial charge in [0.05, 0.1) is 23.4 Å². The Labute approximate surface area is 198 Å². The Balaban J connectivity index is 1.71. The third-order valence-electron chi connectivity index (χ3n) is 5.43. The Morgan fingerprint density at radius 1 is 1.09 bits per heavy atom. The fourth-order valence-electron chi connectivity index (χ4n) is 3.78. The van der Waals surface area contributed by atoms with Crippen LogP contribution in [0.1, 0.15) is 22.7 Å². The van der Waals surface area contributed by atoms with E-state index >= 15 is 0 Å². The Bertz CT molecular complexity index is 1540. The summed E-state index contributed by atoms with van der Waals surface area (Å²) in [4.78, 5) is 18.9. The van der Waals surface area contributed by atoms with Gasteiger partial charge in [0.2, 0.25) is 0 Å². The number of aromatic nitrogens is 1. The summed E-state index contributed by atoms with van der Waals surface area (Å²) in [5, 5.41) is 10.5. The summed E-state index contributed by atoms with van der Waals surface area (Å²) in [7, 11) is 1.49. The van der Waals surface area contributed by atoms with Crippen molar-refractivity contribution in [2.24, 2.45) is 4.99 Å². The molecule has 0 fully saturated rings. The zero-order valence-electron chi connectivity index (χ0n) is 17.6. The van der Waals surface area contributed by atoms with Gasteiger partial charge in [-0.1, -0.05) is 71.5 Å². The SMILES string of the molecule is COc1cc(C=c2sc3n(c2=O)C(c2ccc(Cl)cc2)C=C(c2ccccc2)N=3)ccc1O. The van der Waals surface area contributed by atoms with Crippen LogP contribution in [0.3, 0.4) is 0 Å². The molecule has 1 N–H and O–H groups in total. The Hall–Kier alpha value is -3.61. The zero-order valence-corrected chi connectivity index (χ0v) is 19.2. The van der Waals surface area contributed by atoms with Gasteiger partial charge in [0.15, 0.2) is 16.3 Å². The molecule has 2 heterocycles. The summed E-state index contributed by atoms with van der Waals surface area (Å²) >= 11 is 7.44. The van der Waals surface area contributed by atoms with Gasteiger partial charge in [0, 0.05) is 5.02 Å². The largest absolute Gasteiger partial charge is 0.504 e.